The predicted octanol–water partition coefficient (Wildman–Crippen LogP) is 4.41. The molecule has 1 fully saturated rings. The number of amides is 2. The van der Waals surface area contributed by atoms with Gasteiger partial charge in [-0.2, -0.15) is 4.37 Å². The van der Waals surface area contributed by atoms with Crippen molar-refractivity contribution >= 4 is 40.0 Å². The fraction of sp³-hybridized carbons (Fsp3) is 0.250. The van der Waals surface area contributed by atoms with Gasteiger partial charge in [-0.3, -0.25) is 0 Å². The number of nitrogens with zero attached hydrogens (tertiary/aromatic N) is 4. The van der Waals surface area contributed by atoms with Crippen molar-refractivity contribution in [1.82, 2.24) is 14.3 Å². The highest BCUT2D eigenvalue weighted by Crippen LogP contribution is 2.22. The van der Waals surface area contributed by atoms with Crippen LogP contribution in [0.25, 0.3) is 0 Å². The minimum absolute atomic E-state index is 0.0419. The van der Waals surface area contributed by atoms with E-state index >= 15 is 0 Å². The summed E-state index contributed by atoms with van der Waals surface area (Å²) >= 11 is 7.24. The summed E-state index contributed by atoms with van der Waals surface area (Å²) in [5, 5.41) is 3.99. The molecule has 0 saturated carbocycles. The largest absolute Gasteiger partial charge is 0.343 e. The van der Waals surface area contributed by atoms with Crippen LogP contribution in [0.1, 0.15) is 11.4 Å². The van der Waals surface area contributed by atoms with Crippen molar-refractivity contribution < 1.29 is 13.6 Å². The molecular formula is C20H18ClF2N5OS. The SMILES string of the molecule is O=C(Nc1ccc(F)cc1F)N1CCN(c2nc(Cc3ccc(Cl)cc3)ns2)CC1. The van der Waals surface area contributed by atoms with Crippen LogP contribution in [-0.4, -0.2) is 46.5 Å². The molecular weight excluding hydrogens is 432 g/mol. The Morgan fingerprint density at radius 3 is 2.53 bits per heavy atom. The average Bonchev–Trinajstić information content (AvgIpc) is 3.20. The Kier molecular flexibility index (Phi) is 6.10. The van der Waals surface area contributed by atoms with Crippen molar-refractivity contribution in [3.05, 3.63) is 70.5 Å². The second kappa shape index (κ2) is 8.93. The van der Waals surface area contributed by atoms with Gasteiger partial charge < -0.3 is 15.1 Å². The Morgan fingerprint density at radius 2 is 1.83 bits per heavy atom. The third-order valence-corrected chi connectivity index (χ3v) is 5.81. The maximum atomic E-state index is 13.7. The van der Waals surface area contributed by atoms with Gasteiger partial charge in [-0.25, -0.2) is 18.6 Å². The standard InChI is InChI=1S/C20H18ClF2N5OS/c21-14-3-1-13(2-4-14)11-18-25-20(30-26-18)28-9-7-27(8-10-28)19(29)24-17-6-5-15(22)12-16(17)23/h1-6,12H,7-11H2,(H,24,29). The molecule has 2 aromatic carbocycles. The molecule has 1 aromatic heterocycles. The third kappa shape index (κ3) is 4.85. The molecule has 0 atom stereocenters. The number of benzene rings is 2. The first-order chi connectivity index (χ1) is 14.5. The third-order valence-electron chi connectivity index (χ3n) is 4.74. The number of anilines is 2. The van der Waals surface area contributed by atoms with E-state index in [1.54, 1.807) is 4.90 Å². The zero-order valence-corrected chi connectivity index (χ0v) is 17.4. The lowest BCUT2D eigenvalue weighted by Gasteiger charge is -2.34. The molecule has 1 aliphatic rings. The van der Waals surface area contributed by atoms with Crippen LogP contribution in [0.3, 0.4) is 0 Å². The molecule has 156 valence electrons. The van der Waals surface area contributed by atoms with E-state index in [2.05, 4.69) is 19.6 Å². The summed E-state index contributed by atoms with van der Waals surface area (Å²) in [6.45, 7) is 2.10. The van der Waals surface area contributed by atoms with E-state index in [0.29, 0.717) is 37.6 Å². The smallest absolute Gasteiger partial charge is 0.322 e. The van der Waals surface area contributed by atoms with E-state index in [0.717, 1.165) is 28.7 Å². The van der Waals surface area contributed by atoms with Gasteiger partial charge in [0.2, 0.25) is 5.13 Å². The predicted molar refractivity (Wildman–Crippen MR) is 113 cm³/mol. The average molecular weight is 450 g/mol. The summed E-state index contributed by atoms with van der Waals surface area (Å²) in [4.78, 5) is 20.7. The summed E-state index contributed by atoms with van der Waals surface area (Å²) in [5.74, 6) is -0.750. The Morgan fingerprint density at radius 1 is 1.10 bits per heavy atom. The van der Waals surface area contributed by atoms with Gasteiger partial charge in [0.05, 0.1) is 5.69 Å². The molecule has 3 aromatic rings. The zero-order valence-electron chi connectivity index (χ0n) is 15.8. The lowest BCUT2D eigenvalue weighted by Crippen LogP contribution is -2.50. The van der Waals surface area contributed by atoms with E-state index in [1.807, 2.05) is 24.3 Å². The highest BCUT2D eigenvalue weighted by atomic mass is 35.5. The van der Waals surface area contributed by atoms with Gasteiger partial charge >= 0.3 is 6.03 Å². The fourth-order valence-electron chi connectivity index (χ4n) is 3.12. The number of hydrogen-bond acceptors (Lipinski definition) is 5. The van der Waals surface area contributed by atoms with Gasteiger partial charge in [0.25, 0.3) is 0 Å². The van der Waals surface area contributed by atoms with Crippen molar-refractivity contribution in [3.63, 3.8) is 0 Å². The summed E-state index contributed by atoms with van der Waals surface area (Å²) in [6, 6.07) is 10.2. The van der Waals surface area contributed by atoms with E-state index in [-0.39, 0.29) is 5.69 Å². The maximum Gasteiger partial charge on any atom is 0.322 e. The first-order valence-electron chi connectivity index (χ1n) is 9.31. The van der Waals surface area contributed by atoms with Crippen LogP contribution >= 0.6 is 23.1 Å². The molecule has 2 heterocycles. The fourth-order valence-corrected chi connectivity index (χ4v) is 3.98. The number of urea groups is 1. The molecule has 4 rings (SSSR count). The molecule has 0 aliphatic carbocycles. The number of hydrogen-bond donors (Lipinski definition) is 1. The number of piperazine rings is 1. The van der Waals surface area contributed by atoms with Gasteiger partial charge in [0.15, 0.2) is 0 Å². The van der Waals surface area contributed by atoms with Crippen molar-refractivity contribution in [1.29, 1.82) is 0 Å². The van der Waals surface area contributed by atoms with E-state index < -0.39 is 17.7 Å². The van der Waals surface area contributed by atoms with Gasteiger partial charge in [-0.1, -0.05) is 23.7 Å². The second-order valence-electron chi connectivity index (χ2n) is 6.82. The number of halogens is 3. The molecule has 0 radical (unpaired) electrons. The molecule has 6 nitrogen and oxygen atoms in total. The van der Waals surface area contributed by atoms with E-state index in [4.69, 9.17) is 11.6 Å². The first kappa shape index (κ1) is 20.5. The molecule has 30 heavy (non-hydrogen) atoms. The lowest BCUT2D eigenvalue weighted by atomic mass is 10.1. The minimum Gasteiger partial charge on any atom is -0.343 e. The first-order valence-corrected chi connectivity index (χ1v) is 10.5. The van der Waals surface area contributed by atoms with Crippen LogP contribution in [0.5, 0.6) is 0 Å². The second-order valence-corrected chi connectivity index (χ2v) is 7.99. The molecule has 0 bridgehead atoms. The number of aromatic nitrogens is 2. The summed E-state index contributed by atoms with van der Waals surface area (Å²) in [5.41, 5.74) is 1.04. The molecule has 0 unspecified atom stereocenters. The summed E-state index contributed by atoms with van der Waals surface area (Å²) in [6.07, 6.45) is 0.624. The molecule has 1 saturated heterocycles. The molecule has 1 N–H and O–H groups in total. The quantitative estimate of drug-likeness (QED) is 0.640. The number of rotatable bonds is 4. The monoisotopic (exact) mass is 449 g/mol. The maximum absolute atomic E-state index is 13.7. The Labute approximate surface area is 181 Å². The molecule has 0 spiro atoms. The zero-order chi connectivity index (χ0) is 21.1. The van der Waals surface area contributed by atoms with E-state index in [9.17, 15) is 13.6 Å². The van der Waals surface area contributed by atoms with Crippen molar-refractivity contribution in [2.24, 2.45) is 0 Å². The van der Waals surface area contributed by atoms with Crippen molar-refractivity contribution in [2.45, 2.75) is 6.42 Å². The van der Waals surface area contributed by atoms with Crippen LogP contribution in [0.2, 0.25) is 5.02 Å². The van der Waals surface area contributed by atoms with Crippen LogP contribution in [0.15, 0.2) is 42.5 Å². The number of nitrogens with one attached hydrogen (secondary N) is 1. The van der Waals surface area contributed by atoms with Gasteiger partial charge in [-0.15, -0.1) is 0 Å². The van der Waals surface area contributed by atoms with E-state index in [1.165, 1.54) is 17.6 Å². The Hall–Kier alpha value is -2.78. The highest BCUT2D eigenvalue weighted by Gasteiger charge is 2.24. The van der Waals surface area contributed by atoms with Crippen molar-refractivity contribution in [3.8, 4) is 0 Å². The van der Waals surface area contributed by atoms with Crippen molar-refractivity contribution in [2.75, 3.05) is 36.4 Å². The molecule has 1 aliphatic heterocycles. The summed E-state index contributed by atoms with van der Waals surface area (Å²) < 4.78 is 31.2. The highest BCUT2D eigenvalue weighted by molar-refractivity contribution is 7.09. The van der Waals surface area contributed by atoms with Gasteiger partial charge in [0.1, 0.15) is 17.5 Å². The normalized spacial score (nSPS) is 14.1. The molecule has 2 amide bonds. The number of carbonyl (C=O) groups excluding carboxylic acids is 1. The van der Waals surface area contributed by atoms with Gasteiger partial charge in [-0.05, 0) is 29.8 Å². The lowest BCUT2D eigenvalue weighted by molar-refractivity contribution is 0.208. The topological polar surface area (TPSA) is 61.4 Å². The van der Waals surface area contributed by atoms with Gasteiger partial charge in [0, 0.05) is 55.2 Å². The van der Waals surface area contributed by atoms with Crippen LogP contribution < -0.4 is 10.2 Å². The molecule has 10 heteroatoms. The van der Waals surface area contributed by atoms with Crippen LogP contribution in [0.4, 0.5) is 24.4 Å². The Bertz CT molecular complexity index is 1040. The summed E-state index contributed by atoms with van der Waals surface area (Å²) in [7, 11) is 0. The van der Waals surface area contributed by atoms with Crippen LogP contribution in [-0.2, 0) is 6.42 Å². The number of carbonyl (C=O) groups is 1. The minimum atomic E-state index is -0.802. The Balaban J connectivity index is 1.31. The van der Waals surface area contributed by atoms with Crippen LogP contribution in [0, 0.1) is 11.6 Å².